The van der Waals surface area contributed by atoms with E-state index >= 15 is 0 Å². The lowest BCUT2D eigenvalue weighted by molar-refractivity contribution is 0.357. The van der Waals surface area contributed by atoms with Crippen LogP contribution in [0.25, 0.3) is 0 Å². The van der Waals surface area contributed by atoms with Gasteiger partial charge in [0, 0.05) is 22.9 Å². The Morgan fingerprint density at radius 2 is 1.91 bits per heavy atom. The van der Waals surface area contributed by atoms with Crippen LogP contribution in [0.3, 0.4) is 0 Å². The lowest BCUT2D eigenvalue weighted by atomic mass is 9.85. The lowest BCUT2D eigenvalue weighted by Gasteiger charge is -2.31. The summed E-state index contributed by atoms with van der Waals surface area (Å²) in [5.41, 5.74) is 2.53. The fraction of sp³-hybridized carbons (Fsp3) is 0.714. The van der Waals surface area contributed by atoms with Crippen LogP contribution in [-0.2, 0) is 20.9 Å². The second-order valence-electron chi connectivity index (χ2n) is 6.79. The minimum Gasteiger partial charge on any atom is -0.345 e. The molecule has 0 aromatic rings. The quantitative estimate of drug-likeness (QED) is 0.346. The summed E-state index contributed by atoms with van der Waals surface area (Å²) in [4.78, 5) is 0. The summed E-state index contributed by atoms with van der Waals surface area (Å²) in [6.07, 6.45) is -0.106. The summed E-state index contributed by atoms with van der Waals surface area (Å²) in [7, 11) is 1.15. The molecule has 0 saturated carbocycles. The first-order valence-corrected chi connectivity index (χ1v) is 13.2. The van der Waals surface area contributed by atoms with Crippen molar-refractivity contribution in [3.63, 3.8) is 0 Å². The Morgan fingerprint density at radius 1 is 1.30 bits per heavy atom. The van der Waals surface area contributed by atoms with Crippen LogP contribution >= 0.6 is 48.4 Å². The number of allylic oxidation sites excluding steroid dienone is 3. The zero-order valence-corrected chi connectivity index (χ0v) is 18.2. The van der Waals surface area contributed by atoms with Gasteiger partial charge in [-0.25, -0.2) is 0 Å². The van der Waals surface area contributed by atoms with Gasteiger partial charge in [-0.05, 0) is 33.8 Å². The highest BCUT2D eigenvalue weighted by Gasteiger charge is 2.66. The Hall–Kier alpha value is 1.15. The van der Waals surface area contributed by atoms with Gasteiger partial charge in [0.05, 0.1) is 12.9 Å². The third kappa shape index (κ3) is 2.77. The van der Waals surface area contributed by atoms with Gasteiger partial charge in [0.15, 0.2) is 7.29 Å². The number of alkyl halides is 3. The van der Waals surface area contributed by atoms with Crippen LogP contribution in [0.2, 0.25) is 0 Å². The van der Waals surface area contributed by atoms with E-state index in [1.54, 1.807) is 0 Å². The second kappa shape index (κ2) is 5.83. The van der Waals surface area contributed by atoms with E-state index < -0.39 is 17.3 Å². The van der Waals surface area contributed by atoms with E-state index in [0.717, 1.165) is 0 Å². The smallest absolute Gasteiger partial charge is 0.213 e. The summed E-state index contributed by atoms with van der Waals surface area (Å²) in [5.74, 6) is 2.17. The maximum Gasteiger partial charge on any atom is 0.213 e. The maximum atomic E-state index is 13.6. The molecular weight excluding hydrogens is 415 g/mol. The molecule has 0 N–H and O–H groups in total. The molecule has 0 radical (unpaired) electrons. The molecular formula is C14H20Cl3NO2P2S. The zero-order valence-electron chi connectivity index (χ0n) is 13.4. The van der Waals surface area contributed by atoms with Gasteiger partial charge < -0.3 is 9.09 Å². The van der Waals surface area contributed by atoms with Gasteiger partial charge >= 0.3 is 0 Å². The number of hydrogen-bond acceptors (Lipinski definition) is 3. The Labute approximate surface area is 157 Å². The van der Waals surface area contributed by atoms with Gasteiger partial charge in [-0.15, -0.1) is 0 Å². The van der Waals surface area contributed by atoms with E-state index in [1.165, 1.54) is 11.1 Å². The minimum atomic E-state index is -2.61. The number of nitrogens with zero attached hydrogens (tertiary/aromatic N) is 1. The Bertz CT molecular complexity index is 701. The first-order chi connectivity index (χ1) is 10.4. The van der Waals surface area contributed by atoms with Crippen LogP contribution in [0, 0.1) is 5.92 Å². The molecule has 1 fully saturated rings. The van der Waals surface area contributed by atoms with Gasteiger partial charge in [0.25, 0.3) is 0 Å². The number of hydrogen-bond donors (Lipinski definition) is 0. The summed E-state index contributed by atoms with van der Waals surface area (Å²) >= 11 is 23.6. The molecule has 3 heterocycles. The van der Waals surface area contributed by atoms with Crippen LogP contribution in [0.5, 0.6) is 0 Å². The second-order valence-corrected chi connectivity index (χ2v) is 16.7. The molecule has 3 aliphatic rings. The average Bonchev–Trinajstić information content (AvgIpc) is 2.91. The Morgan fingerprint density at radius 3 is 2.43 bits per heavy atom. The predicted octanol–water partition coefficient (Wildman–Crippen LogP) is 5.22. The van der Waals surface area contributed by atoms with Crippen molar-refractivity contribution in [1.82, 2.24) is 4.67 Å². The van der Waals surface area contributed by atoms with E-state index in [2.05, 4.69) is 19.9 Å². The van der Waals surface area contributed by atoms with Crippen molar-refractivity contribution in [2.24, 2.45) is 5.92 Å². The molecule has 3 aliphatic heterocycles. The van der Waals surface area contributed by atoms with Gasteiger partial charge in [-0.1, -0.05) is 63.8 Å². The van der Waals surface area contributed by atoms with Crippen molar-refractivity contribution in [3.8, 4) is 0 Å². The normalized spacial score (nSPS) is 45.4. The van der Waals surface area contributed by atoms with Gasteiger partial charge in [0.1, 0.15) is 0 Å². The van der Waals surface area contributed by atoms with Crippen molar-refractivity contribution in [2.45, 2.75) is 34.6 Å². The van der Waals surface area contributed by atoms with Crippen LogP contribution in [-0.4, -0.2) is 46.1 Å². The number of halogens is 3. The van der Waals surface area contributed by atoms with Gasteiger partial charge in [0.2, 0.25) is 3.79 Å². The third-order valence-corrected chi connectivity index (χ3v) is 14.3. The molecule has 0 aromatic heterocycles. The van der Waals surface area contributed by atoms with Crippen molar-refractivity contribution < 1.29 is 9.09 Å². The number of rotatable bonds is 3. The molecule has 23 heavy (non-hydrogen) atoms. The predicted molar refractivity (Wildman–Crippen MR) is 104 cm³/mol. The fourth-order valence-corrected chi connectivity index (χ4v) is 14.7. The SMILES string of the molecule is CC1=CP(=O)(N(C)C)[C@H]2[C@@H]1[C@H]1C(C)=C[C@@H]2P1(=S)OCC(Cl)(Cl)Cl. The van der Waals surface area contributed by atoms with Crippen molar-refractivity contribution in [3.05, 3.63) is 23.0 Å². The number of fused-ring (bicyclic) bond motifs is 5. The van der Waals surface area contributed by atoms with E-state index in [1.807, 2.05) is 24.6 Å². The van der Waals surface area contributed by atoms with Crippen LogP contribution < -0.4 is 0 Å². The summed E-state index contributed by atoms with van der Waals surface area (Å²) in [6, 6.07) is 0. The molecule has 2 bridgehead atoms. The molecule has 1 saturated heterocycles. The van der Waals surface area contributed by atoms with E-state index in [0.29, 0.717) is 0 Å². The molecule has 130 valence electrons. The highest BCUT2D eigenvalue weighted by molar-refractivity contribution is 8.13. The molecule has 0 amide bonds. The summed E-state index contributed by atoms with van der Waals surface area (Å²) < 4.78 is 20.0. The van der Waals surface area contributed by atoms with Crippen LogP contribution in [0.4, 0.5) is 0 Å². The maximum absolute atomic E-state index is 13.6. The third-order valence-electron chi connectivity index (χ3n) is 5.16. The molecule has 3 rings (SSSR count). The van der Waals surface area contributed by atoms with Crippen LogP contribution in [0.1, 0.15) is 13.8 Å². The molecule has 0 spiro atoms. The molecule has 6 atom stereocenters. The average molecular weight is 435 g/mol. The van der Waals surface area contributed by atoms with Crippen molar-refractivity contribution in [2.75, 3.05) is 20.7 Å². The molecule has 0 aliphatic carbocycles. The first kappa shape index (κ1) is 18.9. The summed E-state index contributed by atoms with van der Waals surface area (Å²) in [5, 5.41) is 0. The van der Waals surface area contributed by atoms with Crippen molar-refractivity contribution >= 4 is 60.2 Å². The largest absolute Gasteiger partial charge is 0.345 e. The highest BCUT2D eigenvalue weighted by atomic mass is 35.6. The zero-order chi connectivity index (χ0) is 17.4. The van der Waals surface area contributed by atoms with Crippen molar-refractivity contribution in [1.29, 1.82) is 0 Å². The van der Waals surface area contributed by atoms with E-state index in [4.69, 9.17) is 51.1 Å². The molecule has 0 aromatic carbocycles. The van der Waals surface area contributed by atoms with Gasteiger partial charge in [-0.3, -0.25) is 4.67 Å². The van der Waals surface area contributed by atoms with Gasteiger partial charge in [-0.2, -0.15) is 0 Å². The van der Waals surface area contributed by atoms with E-state index in [-0.39, 0.29) is 29.5 Å². The fourth-order valence-electron chi connectivity index (χ4n) is 4.31. The molecule has 9 heteroatoms. The molecule has 2 unspecified atom stereocenters. The first-order valence-electron chi connectivity index (χ1n) is 7.37. The lowest BCUT2D eigenvalue weighted by Crippen LogP contribution is -2.31. The Balaban J connectivity index is 2.03. The molecule has 3 nitrogen and oxygen atoms in total. The van der Waals surface area contributed by atoms with E-state index in [9.17, 15) is 4.57 Å². The monoisotopic (exact) mass is 433 g/mol. The Kier molecular flexibility index (Phi) is 4.79. The topological polar surface area (TPSA) is 29.5 Å². The minimum absolute atomic E-state index is 0.00165. The highest BCUT2D eigenvalue weighted by Crippen LogP contribution is 2.82. The standard InChI is InChI=1S/C14H20Cl3NO2P2S/c1-8-5-10-13-11(9(2)6-21(13,19)18(3)4)12(8)22(10,23)20-7-14(15,16)17/h5-6,10-13H,7H2,1-4H3/t10-,11-,12+,13+,21?,22?/m0/s1. The summed E-state index contributed by atoms with van der Waals surface area (Å²) in [6.45, 7) is 4.13. The van der Waals surface area contributed by atoms with Crippen LogP contribution in [0.15, 0.2) is 23.0 Å².